The third-order valence-corrected chi connectivity index (χ3v) is 3.20. The molecule has 3 heteroatoms. The van der Waals surface area contributed by atoms with Crippen molar-refractivity contribution in [1.29, 1.82) is 0 Å². The van der Waals surface area contributed by atoms with Crippen molar-refractivity contribution >= 4 is 26.8 Å². The molecular weight excluding hydrogens is 276 g/mol. The molecule has 0 radical (unpaired) electrons. The highest BCUT2D eigenvalue weighted by Gasteiger charge is 2.01. The Morgan fingerprint density at radius 3 is 2.71 bits per heavy atom. The van der Waals surface area contributed by atoms with Gasteiger partial charge in [-0.25, -0.2) is 0 Å². The van der Waals surface area contributed by atoms with Gasteiger partial charge in [-0.2, -0.15) is 5.10 Å². The van der Waals surface area contributed by atoms with Crippen LogP contribution in [0.2, 0.25) is 0 Å². The number of fused-ring (bicyclic) bond motifs is 1. The Bertz CT molecular complexity index is 644. The highest BCUT2D eigenvalue weighted by molar-refractivity contribution is 9.10. The van der Waals surface area contributed by atoms with Gasteiger partial charge >= 0.3 is 0 Å². The molecule has 0 fully saturated rings. The minimum atomic E-state index is 0.813. The first kappa shape index (κ1) is 10.5. The summed E-state index contributed by atoms with van der Waals surface area (Å²) in [5, 5.41) is 5.73. The first-order valence-corrected chi connectivity index (χ1v) is 6.27. The van der Waals surface area contributed by atoms with Gasteiger partial charge in [0.2, 0.25) is 0 Å². The van der Waals surface area contributed by atoms with E-state index >= 15 is 0 Å². The number of halogens is 1. The first-order chi connectivity index (χ1) is 8.31. The molecule has 84 valence electrons. The molecule has 0 aliphatic rings. The number of nitrogens with zero attached hydrogens (tertiary/aromatic N) is 2. The van der Waals surface area contributed by atoms with Crippen LogP contribution in [-0.4, -0.2) is 9.78 Å². The van der Waals surface area contributed by atoms with Gasteiger partial charge < -0.3 is 0 Å². The summed E-state index contributed by atoms with van der Waals surface area (Å²) in [6.07, 6.45) is 2.08. The van der Waals surface area contributed by atoms with Gasteiger partial charge in [-0.15, -0.1) is 0 Å². The molecular formula is C14H11BrN2. The Morgan fingerprint density at radius 2 is 1.88 bits per heavy atom. The zero-order valence-electron chi connectivity index (χ0n) is 9.18. The van der Waals surface area contributed by atoms with E-state index in [1.54, 1.807) is 0 Å². The van der Waals surface area contributed by atoms with E-state index in [1.165, 1.54) is 10.9 Å². The Balaban J connectivity index is 1.96. The molecule has 0 spiro atoms. The summed E-state index contributed by atoms with van der Waals surface area (Å²) in [5.74, 6) is 0. The maximum absolute atomic E-state index is 4.56. The number of rotatable bonds is 2. The molecule has 2 aromatic carbocycles. The number of hydrogen-bond acceptors (Lipinski definition) is 1. The SMILES string of the molecule is Brc1ccc2cn(Cc3ccccc3)nc2c1. The summed E-state index contributed by atoms with van der Waals surface area (Å²) in [6, 6.07) is 16.5. The number of benzene rings is 2. The maximum Gasteiger partial charge on any atom is 0.0934 e. The molecule has 0 amide bonds. The summed E-state index contributed by atoms with van der Waals surface area (Å²) >= 11 is 3.46. The van der Waals surface area contributed by atoms with Gasteiger partial charge in [-0.1, -0.05) is 52.3 Å². The first-order valence-electron chi connectivity index (χ1n) is 5.48. The monoisotopic (exact) mass is 286 g/mol. The van der Waals surface area contributed by atoms with Crippen LogP contribution in [0.3, 0.4) is 0 Å². The molecule has 0 aliphatic heterocycles. The zero-order valence-corrected chi connectivity index (χ0v) is 10.8. The second-order valence-corrected chi connectivity index (χ2v) is 4.93. The highest BCUT2D eigenvalue weighted by Crippen LogP contribution is 2.18. The van der Waals surface area contributed by atoms with Crippen LogP contribution in [0.4, 0.5) is 0 Å². The van der Waals surface area contributed by atoms with Crippen molar-refractivity contribution in [3.8, 4) is 0 Å². The summed E-state index contributed by atoms with van der Waals surface area (Å²) in [7, 11) is 0. The third kappa shape index (κ3) is 2.24. The van der Waals surface area contributed by atoms with Crippen molar-refractivity contribution < 1.29 is 0 Å². The van der Waals surface area contributed by atoms with Crippen molar-refractivity contribution in [2.24, 2.45) is 0 Å². The molecule has 0 aliphatic carbocycles. The lowest BCUT2D eigenvalue weighted by Crippen LogP contribution is -1.99. The Hall–Kier alpha value is -1.61. The smallest absolute Gasteiger partial charge is 0.0934 e. The van der Waals surface area contributed by atoms with Crippen LogP contribution in [0.5, 0.6) is 0 Å². The van der Waals surface area contributed by atoms with Crippen LogP contribution in [-0.2, 0) is 6.54 Å². The molecule has 0 unspecified atom stereocenters. The van der Waals surface area contributed by atoms with Gasteiger partial charge in [0.1, 0.15) is 0 Å². The van der Waals surface area contributed by atoms with Gasteiger partial charge in [-0.05, 0) is 17.7 Å². The van der Waals surface area contributed by atoms with Crippen LogP contribution in [0.15, 0.2) is 59.2 Å². The fourth-order valence-corrected chi connectivity index (χ4v) is 2.24. The lowest BCUT2D eigenvalue weighted by molar-refractivity contribution is 0.696. The normalized spacial score (nSPS) is 10.9. The van der Waals surface area contributed by atoms with Crippen LogP contribution in [0.1, 0.15) is 5.56 Å². The lowest BCUT2D eigenvalue weighted by Gasteiger charge is -2.00. The second kappa shape index (κ2) is 4.34. The third-order valence-electron chi connectivity index (χ3n) is 2.70. The van der Waals surface area contributed by atoms with E-state index in [0.29, 0.717) is 0 Å². The van der Waals surface area contributed by atoms with Gasteiger partial charge in [-0.3, -0.25) is 4.68 Å². The van der Waals surface area contributed by atoms with Crippen molar-refractivity contribution in [3.63, 3.8) is 0 Å². The average Bonchev–Trinajstić information content (AvgIpc) is 2.71. The zero-order chi connectivity index (χ0) is 11.7. The van der Waals surface area contributed by atoms with Crippen molar-refractivity contribution in [1.82, 2.24) is 9.78 Å². The largest absolute Gasteiger partial charge is 0.267 e. The predicted octanol–water partition coefficient (Wildman–Crippen LogP) is 3.85. The summed E-state index contributed by atoms with van der Waals surface area (Å²) < 4.78 is 3.04. The Labute approximate surface area is 108 Å². The van der Waals surface area contributed by atoms with Crippen LogP contribution in [0.25, 0.3) is 10.9 Å². The molecule has 0 saturated carbocycles. The van der Waals surface area contributed by atoms with E-state index in [0.717, 1.165) is 16.5 Å². The minimum absolute atomic E-state index is 0.813. The molecule has 3 rings (SSSR count). The molecule has 1 aromatic heterocycles. The second-order valence-electron chi connectivity index (χ2n) is 4.02. The Kier molecular flexibility index (Phi) is 2.69. The van der Waals surface area contributed by atoms with Crippen LogP contribution < -0.4 is 0 Å². The van der Waals surface area contributed by atoms with Crippen molar-refractivity contribution in [2.45, 2.75) is 6.54 Å². The van der Waals surface area contributed by atoms with Crippen LogP contribution >= 0.6 is 15.9 Å². The van der Waals surface area contributed by atoms with E-state index < -0.39 is 0 Å². The van der Waals surface area contributed by atoms with Gasteiger partial charge in [0.05, 0.1) is 12.1 Å². The molecule has 0 bridgehead atoms. The van der Waals surface area contributed by atoms with Crippen LogP contribution in [0, 0.1) is 0 Å². The van der Waals surface area contributed by atoms with E-state index in [9.17, 15) is 0 Å². The highest BCUT2D eigenvalue weighted by atomic mass is 79.9. The summed E-state index contributed by atoms with van der Waals surface area (Å²) in [4.78, 5) is 0. The van der Waals surface area contributed by atoms with E-state index in [-0.39, 0.29) is 0 Å². The molecule has 0 atom stereocenters. The predicted molar refractivity (Wildman–Crippen MR) is 73.0 cm³/mol. The topological polar surface area (TPSA) is 17.8 Å². The van der Waals surface area contributed by atoms with E-state index in [2.05, 4.69) is 57.6 Å². The van der Waals surface area contributed by atoms with Gasteiger partial charge in [0.25, 0.3) is 0 Å². The molecule has 2 nitrogen and oxygen atoms in total. The van der Waals surface area contributed by atoms with Gasteiger partial charge in [0.15, 0.2) is 0 Å². The molecule has 0 N–H and O–H groups in total. The summed E-state index contributed by atoms with van der Waals surface area (Å²) in [5.41, 5.74) is 2.29. The molecule has 17 heavy (non-hydrogen) atoms. The maximum atomic E-state index is 4.56. The van der Waals surface area contributed by atoms with E-state index in [4.69, 9.17) is 0 Å². The number of aromatic nitrogens is 2. The molecule has 0 saturated heterocycles. The van der Waals surface area contributed by atoms with Crippen molar-refractivity contribution in [3.05, 3.63) is 64.8 Å². The fourth-order valence-electron chi connectivity index (χ4n) is 1.89. The summed E-state index contributed by atoms with van der Waals surface area (Å²) in [6.45, 7) is 0.813. The Morgan fingerprint density at radius 1 is 1.06 bits per heavy atom. The molecule has 1 heterocycles. The molecule has 3 aromatic rings. The van der Waals surface area contributed by atoms with E-state index in [1.807, 2.05) is 22.9 Å². The number of hydrogen-bond donors (Lipinski definition) is 0. The lowest BCUT2D eigenvalue weighted by atomic mass is 10.2. The average molecular weight is 287 g/mol. The van der Waals surface area contributed by atoms with Crippen molar-refractivity contribution in [2.75, 3.05) is 0 Å². The minimum Gasteiger partial charge on any atom is -0.267 e. The standard InChI is InChI=1S/C14H11BrN2/c15-13-7-6-12-10-17(16-14(12)8-13)9-11-4-2-1-3-5-11/h1-8,10H,9H2. The fraction of sp³-hybridized carbons (Fsp3) is 0.0714. The quantitative estimate of drug-likeness (QED) is 0.700. The van der Waals surface area contributed by atoms with Gasteiger partial charge in [0, 0.05) is 16.1 Å².